The van der Waals surface area contributed by atoms with Gasteiger partial charge in [0.1, 0.15) is 5.82 Å². The third kappa shape index (κ3) is 3.28. The Balaban J connectivity index is 2.26. The summed E-state index contributed by atoms with van der Waals surface area (Å²) in [6.45, 7) is 3.51. The molecule has 0 saturated heterocycles. The Hall–Kier alpha value is -2.63. The molecule has 1 aromatic carbocycles. The summed E-state index contributed by atoms with van der Waals surface area (Å²) < 4.78 is 13.6. The fourth-order valence-corrected chi connectivity index (χ4v) is 1.87. The molecule has 0 aliphatic carbocycles. The summed E-state index contributed by atoms with van der Waals surface area (Å²) >= 11 is 0. The maximum atomic E-state index is 13.6. The summed E-state index contributed by atoms with van der Waals surface area (Å²) in [6, 6.07) is 7.46. The van der Waals surface area contributed by atoms with Crippen LogP contribution in [0.2, 0.25) is 0 Å². The lowest BCUT2D eigenvalue weighted by Crippen LogP contribution is -2.12. The summed E-state index contributed by atoms with van der Waals surface area (Å²) in [7, 11) is 0. The van der Waals surface area contributed by atoms with Gasteiger partial charge in [-0.1, -0.05) is 12.1 Å². The molecule has 5 nitrogen and oxygen atoms in total. The second kappa shape index (κ2) is 5.78. The van der Waals surface area contributed by atoms with E-state index in [0.29, 0.717) is 11.3 Å². The first kappa shape index (κ1) is 14.8. The summed E-state index contributed by atoms with van der Waals surface area (Å²) in [6.07, 6.45) is 0. The van der Waals surface area contributed by atoms with Crippen molar-refractivity contribution < 1.29 is 14.3 Å². The van der Waals surface area contributed by atoms with Crippen molar-refractivity contribution in [3.05, 3.63) is 53.0 Å². The van der Waals surface area contributed by atoms with Gasteiger partial charge < -0.3 is 16.2 Å². The zero-order valence-corrected chi connectivity index (χ0v) is 11.7. The third-order valence-electron chi connectivity index (χ3n) is 3.19. The number of halogens is 1. The molecular weight excluding hydrogens is 273 g/mol. The van der Waals surface area contributed by atoms with Crippen molar-refractivity contribution in [2.75, 3.05) is 11.1 Å². The molecule has 1 atom stereocenters. The van der Waals surface area contributed by atoms with Crippen molar-refractivity contribution in [1.82, 2.24) is 4.98 Å². The van der Waals surface area contributed by atoms with Gasteiger partial charge in [-0.15, -0.1) is 0 Å². The number of nitrogens with two attached hydrogens (primary N) is 1. The van der Waals surface area contributed by atoms with E-state index in [1.807, 2.05) is 6.92 Å². The number of pyridine rings is 1. The van der Waals surface area contributed by atoms with Gasteiger partial charge in [-0.2, -0.15) is 0 Å². The molecule has 110 valence electrons. The van der Waals surface area contributed by atoms with Crippen LogP contribution in [0.4, 0.5) is 15.9 Å². The molecule has 0 bridgehead atoms. The number of nitrogens with zero attached hydrogens (tertiary/aromatic N) is 1. The van der Waals surface area contributed by atoms with E-state index in [-0.39, 0.29) is 23.4 Å². The molecule has 4 N–H and O–H groups in total. The number of carboxylic acids is 1. The van der Waals surface area contributed by atoms with Crippen molar-refractivity contribution in [2.24, 2.45) is 0 Å². The zero-order chi connectivity index (χ0) is 15.6. The summed E-state index contributed by atoms with van der Waals surface area (Å²) in [5.74, 6) is -1.16. The van der Waals surface area contributed by atoms with E-state index in [2.05, 4.69) is 10.3 Å². The van der Waals surface area contributed by atoms with Crippen LogP contribution in [-0.2, 0) is 0 Å². The fourth-order valence-electron chi connectivity index (χ4n) is 1.87. The van der Waals surface area contributed by atoms with Crippen molar-refractivity contribution in [2.45, 2.75) is 19.9 Å². The first-order valence-corrected chi connectivity index (χ1v) is 6.41. The Labute approximate surface area is 121 Å². The number of carboxylic acid groups (broad SMARTS) is 1. The monoisotopic (exact) mass is 289 g/mol. The molecule has 0 fully saturated rings. The lowest BCUT2D eigenvalue weighted by molar-refractivity contribution is 0.0690. The highest BCUT2D eigenvalue weighted by molar-refractivity contribution is 5.86. The molecule has 0 aliphatic rings. The topological polar surface area (TPSA) is 88.2 Å². The van der Waals surface area contributed by atoms with Crippen molar-refractivity contribution >= 4 is 17.5 Å². The van der Waals surface area contributed by atoms with Gasteiger partial charge >= 0.3 is 5.97 Å². The number of aryl methyl sites for hydroxylation is 1. The van der Waals surface area contributed by atoms with Gasteiger partial charge in [-0.3, -0.25) is 0 Å². The molecule has 0 saturated carbocycles. The molecule has 21 heavy (non-hydrogen) atoms. The zero-order valence-electron chi connectivity index (χ0n) is 11.7. The molecule has 1 aromatic heterocycles. The second-order valence-electron chi connectivity index (χ2n) is 4.81. The quantitative estimate of drug-likeness (QED) is 0.805. The van der Waals surface area contributed by atoms with Crippen LogP contribution >= 0.6 is 0 Å². The van der Waals surface area contributed by atoms with Gasteiger partial charge in [0.15, 0.2) is 11.5 Å². The van der Waals surface area contributed by atoms with Crippen LogP contribution in [-0.4, -0.2) is 16.1 Å². The van der Waals surface area contributed by atoms with Crippen LogP contribution in [0.3, 0.4) is 0 Å². The Morgan fingerprint density at radius 1 is 1.38 bits per heavy atom. The van der Waals surface area contributed by atoms with E-state index in [0.717, 1.165) is 5.56 Å². The van der Waals surface area contributed by atoms with Crippen molar-refractivity contribution in [1.29, 1.82) is 0 Å². The number of carbonyl (C=O) groups is 1. The second-order valence-corrected chi connectivity index (χ2v) is 4.81. The number of aromatic carboxylic acids is 1. The number of rotatable bonds is 4. The van der Waals surface area contributed by atoms with Crippen LogP contribution in [0.25, 0.3) is 0 Å². The van der Waals surface area contributed by atoms with E-state index in [4.69, 9.17) is 10.8 Å². The molecule has 0 amide bonds. The van der Waals surface area contributed by atoms with Crippen LogP contribution in [0.1, 0.15) is 34.6 Å². The average molecular weight is 289 g/mol. The summed E-state index contributed by atoms with van der Waals surface area (Å²) in [4.78, 5) is 14.9. The molecule has 2 aromatic rings. The maximum absolute atomic E-state index is 13.6. The van der Waals surface area contributed by atoms with E-state index in [9.17, 15) is 9.18 Å². The number of aromatic nitrogens is 1. The molecule has 1 unspecified atom stereocenters. The standard InChI is InChI=1S/C15H16FN3O2/c1-8-3-4-10(7-11(8)16)9(2)18-14-12(17)5-6-13(19-14)15(20)21/h3-7,9H,17H2,1-2H3,(H,18,19)(H,20,21). The van der Waals surface area contributed by atoms with E-state index >= 15 is 0 Å². The van der Waals surface area contributed by atoms with Gasteiger partial charge in [0.2, 0.25) is 0 Å². The Kier molecular flexibility index (Phi) is 4.07. The van der Waals surface area contributed by atoms with Gasteiger partial charge in [0, 0.05) is 0 Å². The van der Waals surface area contributed by atoms with E-state index in [1.54, 1.807) is 19.1 Å². The first-order valence-electron chi connectivity index (χ1n) is 6.41. The smallest absolute Gasteiger partial charge is 0.354 e. The summed E-state index contributed by atoms with van der Waals surface area (Å²) in [5, 5.41) is 11.9. The molecule has 0 aliphatic heterocycles. The highest BCUT2D eigenvalue weighted by atomic mass is 19.1. The molecule has 1 heterocycles. The number of hydrogen-bond acceptors (Lipinski definition) is 4. The lowest BCUT2D eigenvalue weighted by Gasteiger charge is -2.17. The highest BCUT2D eigenvalue weighted by Gasteiger charge is 2.13. The Morgan fingerprint density at radius 2 is 2.10 bits per heavy atom. The van der Waals surface area contributed by atoms with Crippen LogP contribution in [0, 0.1) is 12.7 Å². The van der Waals surface area contributed by atoms with Crippen LogP contribution in [0.5, 0.6) is 0 Å². The molecular formula is C15H16FN3O2. The minimum absolute atomic E-state index is 0.103. The number of anilines is 2. The normalized spacial score (nSPS) is 12.0. The molecule has 2 rings (SSSR count). The lowest BCUT2D eigenvalue weighted by atomic mass is 10.1. The Bertz CT molecular complexity index is 689. The van der Waals surface area contributed by atoms with Crippen LogP contribution in [0.15, 0.2) is 30.3 Å². The van der Waals surface area contributed by atoms with Crippen LogP contribution < -0.4 is 11.1 Å². The minimum atomic E-state index is -1.13. The van der Waals surface area contributed by atoms with E-state index < -0.39 is 5.97 Å². The van der Waals surface area contributed by atoms with Gasteiger partial charge in [-0.25, -0.2) is 14.2 Å². The number of benzene rings is 1. The fraction of sp³-hybridized carbons (Fsp3) is 0.200. The largest absolute Gasteiger partial charge is 0.477 e. The third-order valence-corrected chi connectivity index (χ3v) is 3.19. The Morgan fingerprint density at radius 3 is 2.71 bits per heavy atom. The van der Waals surface area contributed by atoms with E-state index in [1.165, 1.54) is 18.2 Å². The SMILES string of the molecule is Cc1ccc(C(C)Nc2nc(C(=O)O)ccc2N)cc1F. The predicted octanol–water partition coefficient (Wildman–Crippen LogP) is 2.98. The van der Waals surface area contributed by atoms with Gasteiger partial charge in [0.05, 0.1) is 11.7 Å². The highest BCUT2D eigenvalue weighted by Crippen LogP contribution is 2.24. The summed E-state index contributed by atoms with van der Waals surface area (Å²) in [5.41, 5.74) is 7.30. The number of nitrogens with one attached hydrogen (secondary N) is 1. The molecule has 0 spiro atoms. The average Bonchev–Trinajstić information content (AvgIpc) is 2.43. The number of nitrogen functional groups attached to an aromatic ring is 1. The number of hydrogen-bond donors (Lipinski definition) is 3. The van der Waals surface area contributed by atoms with Crippen molar-refractivity contribution in [3.8, 4) is 0 Å². The first-order chi connectivity index (χ1) is 9.88. The van der Waals surface area contributed by atoms with Gasteiger partial charge in [-0.05, 0) is 43.2 Å². The van der Waals surface area contributed by atoms with Gasteiger partial charge in [0.25, 0.3) is 0 Å². The minimum Gasteiger partial charge on any atom is -0.477 e. The molecule has 0 radical (unpaired) electrons. The van der Waals surface area contributed by atoms with Crippen molar-refractivity contribution in [3.63, 3.8) is 0 Å². The maximum Gasteiger partial charge on any atom is 0.354 e. The molecule has 6 heteroatoms. The predicted molar refractivity (Wildman–Crippen MR) is 78.8 cm³/mol.